The molecule has 4 nitrogen and oxygen atoms in total. The van der Waals surface area contributed by atoms with Gasteiger partial charge in [0.2, 0.25) is 6.17 Å². The van der Waals surface area contributed by atoms with Crippen molar-refractivity contribution in [3.8, 4) is 0 Å². The normalized spacial score (nSPS) is 23.0. The average molecular weight is 247 g/mol. The van der Waals surface area contributed by atoms with E-state index in [-0.39, 0.29) is 6.61 Å². The number of hydrogen-bond donors (Lipinski definition) is 0. The van der Waals surface area contributed by atoms with E-state index >= 15 is 0 Å². The van der Waals surface area contributed by atoms with Gasteiger partial charge in [-0.15, -0.1) is 0 Å². The maximum Gasteiger partial charge on any atom is 0.342 e. The van der Waals surface area contributed by atoms with Crippen LogP contribution in [0.4, 0.5) is 4.39 Å². The second kappa shape index (κ2) is 6.91. The molecule has 1 aliphatic rings. The zero-order valence-electron chi connectivity index (χ0n) is 10.8. The van der Waals surface area contributed by atoms with Crippen LogP contribution in [-0.2, 0) is 14.3 Å². The monoisotopic (exact) mass is 247 g/mol. The topological polar surface area (TPSA) is 38.8 Å². The maximum absolute atomic E-state index is 13.1. The Labute approximate surface area is 102 Å². The molecule has 0 radical (unpaired) electrons. The van der Waals surface area contributed by atoms with Gasteiger partial charge in [0.15, 0.2) is 0 Å². The molecule has 100 valence electrons. The standard InChI is InChI=1S/C12H22FNO3/c1-9(2)14-6-4-5-10(14)7-17-8-11(13)12(15)16-3/h9-11H,4-8H2,1-3H3/t10-,11?/m0/s1. The molecule has 0 amide bonds. The second-order valence-electron chi connectivity index (χ2n) is 4.66. The van der Waals surface area contributed by atoms with Crippen LogP contribution in [0.3, 0.4) is 0 Å². The molecular weight excluding hydrogens is 225 g/mol. The number of halogens is 1. The van der Waals surface area contributed by atoms with Crippen LogP contribution in [-0.4, -0.2) is 56.0 Å². The smallest absolute Gasteiger partial charge is 0.342 e. The third-order valence-electron chi connectivity index (χ3n) is 3.12. The Morgan fingerprint density at radius 3 is 2.82 bits per heavy atom. The summed E-state index contributed by atoms with van der Waals surface area (Å²) in [4.78, 5) is 13.2. The van der Waals surface area contributed by atoms with E-state index in [0.717, 1.165) is 19.4 Å². The molecule has 0 spiro atoms. The fraction of sp³-hybridized carbons (Fsp3) is 0.917. The predicted molar refractivity (Wildman–Crippen MR) is 62.6 cm³/mol. The van der Waals surface area contributed by atoms with E-state index in [1.165, 1.54) is 7.11 Å². The van der Waals surface area contributed by atoms with Crippen molar-refractivity contribution in [1.82, 2.24) is 4.90 Å². The van der Waals surface area contributed by atoms with Gasteiger partial charge in [0.25, 0.3) is 0 Å². The minimum atomic E-state index is -1.67. The van der Waals surface area contributed by atoms with E-state index in [1.54, 1.807) is 0 Å². The lowest BCUT2D eigenvalue weighted by Crippen LogP contribution is -2.39. The highest BCUT2D eigenvalue weighted by Gasteiger charge is 2.27. The van der Waals surface area contributed by atoms with Gasteiger partial charge in [0.1, 0.15) is 0 Å². The molecular formula is C12H22FNO3. The van der Waals surface area contributed by atoms with E-state index in [1.807, 2.05) is 0 Å². The Morgan fingerprint density at radius 2 is 2.24 bits per heavy atom. The molecule has 17 heavy (non-hydrogen) atoms. The van der Waals surface area contributed by atoms with Crippen molar-refractivity contribution in [1.29, 1.82) is 0 Å². The van der Waals surface area contributed by atoms with Crippen LogP contribution in [0.1, 0.15) is 26.7 Å². The van der Waals surface area contributed by atoms with E-state index in [4.69, 9.17) is 4.74 Å². The summed E-state index contributed by atoms with van der Waals surface area (Å²) >= 11 is 0. The number of nitrogens with zero attached hydrogens (tertiary/aromatic N) is 1. The van der Waals surface area contributed by atoms with Crippen LogP contribution < -0.4 is 0 Å². The molecule has 1 saturated heterocycles. The molecule has 1 rings (SSSR count). The summed E-state index contributed by atoms with van der Waals surface area (Å²) in [5.41, 5.74) is 0. The quantitative estimate of drug-likeness (QED) is 0.665. The summed E-state index contributed by atoms with van der Waals surface area (Å²) in [5.74, 6) is -0.864. The van der Waals surface area contributed by atoms with Gasteiger partial charge in [-0.05, 0) is 33.2 Å². The first-order valence-corrected chi connectivity index (χ1v) is 6.11. The van der Waals surface area contributed by atoms with Crippen molar-refractivity contribution in [3.63, 3.8) is 0 Å². The number of rotatable bonds is 6. The van der Waals surface area contributed by atoms with Gasteiger partial charge < -0.3 is 9.47 Å². The lowest BCUT2D eigenvalue weighted by atomic mass is 10.2. The number of alkyl halides is 1. The van der Waals surface area contributed by atoms with Gasteiger partial charge in [-0.2, -0.15) is 0 Å². The number of carbonyl (C=O) groups excluding carboxylic acids is 1. The minimum Gasteiger partial charge on any atom is -0.467 e. The Hall–Kier alpha value is -0.680. The molecule has 0 aromatic rings. The molecule has 0 aliphatic carbocycles. The zero-order valence-corrected chi connectivity index (χ0v) is 10.8. The lowest BCUT2D eigenvalue weighted by Gasteiger charge is -2.28. The first kappa shape index (κ1) is 14.4. The number of methoxy groups -OCH3 is 1. The largest absolute Gasteiger partial charge is 0.467 e. The van der Waals surface area contributed by atoms with Crippen LogP contribution in [0, 0.1) is 0 Å². The predicted octanol–water partition coefficient (Wildman–Crippen LogP) is 1.39. The Morgan fingerprint density at radius 1 is 1.53 bits per heavy atom. The summed E-state index contributed by atoms with van der Waals surface area (Å²) in [6.45, 7) is 5.63. The van der Waals surface area contributed by atoms with E-state index in [9.17, 15) is 9.18 Å². The minimum absolute atomic E-state index is 0.213. The third kappa shape index (κ3) is 4.24. The average Bonchev–Trinajstić information content (AvgIpc) is 2.76. The van der Waals surface area contributed by atoms with Crippen LogP contribution >= 0.6 is 0 Å². The SMILES string of the molecule is COC(=O)C(F)COC[C@@H]1CCCN1C(C)C. The maximum atomic E-state index is 13.1. The molecule has 1 heterocycles. The van der Waals surface area contributed by atoms with Crippen molar-refractivity contribution in [2.24, 2.45) is 0 Å². The molecule has 2 atom stereocenters. The molecule has 0 aromatic heterocycles. The molecule has 1 unspecified atom stereocenters. The first-order valence-electron chi connectivity index (χ1n) is 6.11. The van der Waals surface area contributed by atoms with Gasteiger partial charge in [0, 0.05) is 12.1 Å². The summed E-state index contributed by atoms with van der Waals surface area (Å²) in [5, 5.41) is 0. The van der Waals surface area contributed by atoms with Gasteiger partial charge in [-0.25, -0.2) is 9.18 Å². The second-order valence-corrected chi connectivity index (χ2v) is 4.66. The highest BCUT2D eigenvalue weighted by Crippen LogP contribution is 2.20. The van der Waals surface area contributed by atoms with Crippen molar-refractivity contribution < 1.29 is 18.7 Å². The summed E-state index contributed by atoms with van der Waals surface area (Å²) in [6.07, 6.45) is 0.559. The van der Waals surface area contributed by atoms with E-state index < -0.39 is 12.1 Å². The van der Waals surface area contributed by atoms with Crippen LogP contribution in [0.5, 0.6) is 0 Å². The van der Waals surface area contributed by atoms with Crippen molar-refractivity contribution in [3.05, 3.63) is 0 Å². The van der Waals surface area contributed by atoms with Crippen molar-refractivity contribution in [2.75, 3.05) is 26.9 Å². The van der Waals surface area contributed by atoms with Gasteiger partial charge in [-0.3, -0.25) is 4.90 Å². The molecule has 0 N–H and O–H groups in total. The van der Waals surface area contributed by atoms with Crippen LogP contribution in [0.2, 0.25) is 0 Å². The summed E-state index contributed by atoms with van der Waals surface area (Å²) < 4.78 is 22.7. The van der Waals surface area contributed by atoms with Crippen LogP contribution in [0.15, 0.2) is 0 Å². The van der Waals surface area contributed by atoms with Gasteiger partial charge in [0.05, 0.1) is 20.3 Å². The number of esters is 1. The Kier molecular flexibility index (Phi) is 5.85. The molecule has 0 saturated carbocycles. The fourth-order valence-corrected chi connectivity index (χ4v) is 2.22. The molecule has 1 fully saturated rings. The van der Waals surface area contributed by atoms with Crippen LogP contribution in [0.25, 0.3) is 0 Å². The van der Waals surface area contributed by atoms with Gasteiger partial charge in [-0.1, -0.05) is 0 Å². The first-order chi connectivity index (χ1) is 8.06. The zero-order chi connectivity index (χ0) is 12.8. The number of likely N-dealkylation sites (tertiary alicyclic amines) is 1. The molecule has 0 aromatic carbocycles. The third-order valence-corrected chi connectivity index (χ3v) is 3.12. The number of carbonyl (C=O) groups is 1. The molecule has 0 bridgehead atoms. The number of ether oxygens (including phenoxy) is 2. The highest BCUT2D eigenvalue weighted by atomic mass is 19.1. The summed E-state index contributed by atoms with van der Waals surface area (Å²) in [6, 6.07) is 0.827. The van der Waals surface area contributed by atoms with Gasteiger partial charge >= 0.3 is 5.97 Å². The molecule has 5 heteroatoms. The number of hydrogen-bond acceptors (Lipinski definition) is 4. The van der Waals surface area contributed by atoms with Crippen molar-refractivity contribution >= 4 is 5.97 Å². The Bertz CT molecular complexity index is 248. The lowest BCUT2D eigenvalue weighted by molar-refractivity contribution is -0.149. The Balaban J connectivity index is 2.24. The van der Waals surface area contributed by atoms with E-state index in [0.29, 0.717) is 18.7 Å². The molecule has 1 aliphatic heterocycles. The fourth-order valence-electron chi connectivity index (χ4n) is 2.22. The highest BCUT2D eigenvalue weighted by molar-refractivity contribution is 5.74. The summed E-state index contributed by atoms with van der Waals surface area (Å²) in [7, 11) is 1.17. The van der Waals surface area contributed by atoms with E-state index in [2.05, 4.69) is 23.5 Å². The van der Waals surface area contributed by atoms with Crippen molar-refractivity contribution in [2.45, 2.75) is 44.9 Å².